The van der Waals surface area contributed by atoms with Gasteiger partial charge in [-0.25, -0.2) is 15.0 Å². The highest BCUT2D eigenvalue weighted by atomic mass is 15.1. The fourth-order valence-electron chi connectivity index (χ4n) is 1.86. The smallest absolute Gasteiger partial charge is 0.182 e. The maximum absolute atomic E-state index is 4.24. The summed E-state index contributed by atoms with van der Waals surface area (Å²) >= 11 is 0. The van der Waals surface area contributed by atoms with Gasteiger partial charge in [-0.1, -0.05) is 6.07 Å². The minimum Gasteiger partial charge on any atom is -0.378 e. The molecule has 3 aromatic rings. The molecule has 0 radical (unpaired) electrons. The third-order valence-electron chi connectivity index (χ3n) is 2.85. The van der Waals surface area contributed by atoms with Crippen molar-refractivity contribution in [1.29, 1.82) is 0 Å². The van der Waals surface area contributed by atoms with E-state index in [0.29, 0.717) is 5.65 Å². The standard InChI is InChI=1S/C13H14N6/c1-19(2)10-5-3-4-9(6-10)18-13-11-12(15-7-14-11)16-8-17-13/h3-8H,1-2H3,(H2,14,15,16,17,18). The predicted molar refractivity (Wildman–Crippen MR) is 75.7 cm³/mol. The second-order valence-electron chi connectivity index (χ2n) is 4.39. The fourth-order valence-corrected chi connectivity index (χ4v) is 1.86. The van der Waals surface area contributed by atoms with Crippen molar-refractivity contribution < 1.29 is 0 Å². The molecule has 2 N–H and O–H groups in total. The first-order valence-electron chi connectivity index (χ1n) is 5.92. The van der Waals surface area contributed by atoms with Gasteiger partial charge in [-0.05, 0) is 18.2 Å². The lowest BCUT2D eigenvalue weighted by Gasteiger charge is -2.14. The Morgan fingerprint density at radius 3 is 2.89 bits per heavy atom. The minimum atomic E-state index is 0.654. The van der Waals surface area contributed by atoms with Gasteiger partial charge in [0.05, 0.1) is 6.33 Å². The van der Waals surface area contributed by atoms with Gasteiger partial charge >= 0.3 is 0 Å². The topological polar surface area (TPSA) is 69.7 Å². The van der Waals surface area contributed by atoms with Crippen LogP contribution in [0.2, 0.25) is 0 Å². The van der Waals surface area contributed by atoms with Crippen molar-refractivity contribution in [3.8, 4) is 0 Å². The molecule has 0 fully saturated rings. The highest BCUT2D eigenvalue weighted by molar-refractivity contribution is 5.84. The summed E-state index contributed by atoms with van der Waals surface area (Å²) in [5.41, 5.74) is 3.56. The first-order chi connectivity index (χ1) is 9.24. The van der Waals surface area contributed by atoms with Gasteiger partial charge in [0.2, 0.25) is 0 Å². The zero-order valence-corrected chi connectivity index (χ0v) is 10.8. The lowest BCUT2D eigenvalue weighted by molar-refractivity contribution is 1.13. The summed E-state index contributed by atoms with van der Waals surface area (Å²) in [6.45, 7) is 0. The molecule has 2 aromatic heterocycles. The zero-order valence-electron chi connectivity index (χ0n) is 10.8. The average Bonchev–Trinajstić information content (AvgIpc) is 2.88. The van der Waals surface area contributed by atoms with Gasteiger partial charge in [0, 0.05) is 25.5 Å². The van der Waals surface area contributed by atoms with Crippen LogP contribution in [0, 0.1) is 0 Å². The third-order valence-corrected chi connectivity index (χ3v) is 2.85. The van der Waals surface area contributed by atoms with Gasteiger partial charge in [-0.3, -0.25) is 0 Å². The highest BCUT2D eigenvalue weighted by Crippen LogP contribution is 2.23. The summed E-state index contributed by atoms with van der Waals surface area (Å²) in [5, 5.41) is 3.28. The molecular weight excluding hydrogens is 240 g/mol. The number of H-pyrrole nitrogens is 1. The Hall–Kier alpha value is -2.63. The zero-order chi connectivity index (χ0) is 13.2. The van der Waals surface area contributed by atoms with E-state index in [1.54, 1.807) is 6.33 Å². The van der Waals surface area contributed by atoms with Crippen LogP contribution in [-0.4, -0.2) is 34.0 Å². The molecule has 0 amide bonds. The number of rotatable bonds is 3. The van der Waals surface area contributed by atoms with Crippen LogP contribution in [0.15, 0.2) is 36.9 Å². The number of imidazole rings is 1. The van der Waals surface area contributed by atoms with E-state index in [9.17, 15) is 0 Å². The molecule has 0 aliphatic heterocycles. The molecule has 0 atom stereocenters. The summed E-state index contributed by atoms with van der Waals surface area (Å²) in [6, 6.07) is 8.11. The highest BCUT2D eigenvalue weighted by Gasteiger charge is 2.06. The Balaban J connectivity index is 1.97. The monoisotopic (exact) mass is 254 g/mol. The van der Waals surface area contributed by atoms with E-state index in [2.05, 4.69) is 42.3 Å². The molecule has 96 valence electrons. The number of aromatic amines is 1. The van der Waals surface area contributed by atoms with Crippen LogP contribution < -0.4 is 10.2 Å². The molecule has 0 saturated heterocycles. The van der Waals surface area contributed by atoms with E-state index in [0.717, 1.165) is 22.7 Å². The molecule has 2 heterocycles. The van der Waals surface area contributed by atoms with Crippen molar-refractivity contribution in [2.45, 2.75) is 0 Å². The van der Waals surface area contributed by atoms with Crippen LogP contribution in [0.3, 0.4) is 0 Å². The molecule has 0 saturated carbocycles. The summed E-state index contributed by atoms with van der Waals surface area (Å²) in [6.07, 6.45) is 3.11. The Morgan fingerprint density at radius 2 is 2.05 bits per heavy atom. The predicted octanol–water partition coefficient (Wildman–Crippen LogP) is 2.16. The normalized spacial score (nSPS) is 10.6. The molecule has 19 heavy (non-hydrogen) atoms. The van der Waals surface area contributed by atoms with Crippen molar-refractivity contribution in [3.63, 3.8) is 0 Å². The van der Waals surface area contributed by atoms with Crippen molar-refractivity contribution >= 4 is 28.4 Å². The maximum Gasteiger partial charge on any atom is 0.182 e. The minimum absolute atomic E-state index is 0.654. The number of nitrogens with one attached hydrogen (secondary N) is 2. The van der Waals surface area contributed by atoms with Crippen LogP contribution in [0.1, 0.15) is 0 Å². The van der Waals surface area contributed by atoms with Crippen molar-refractivity contribution in [2.24, 2.45) is 0 Å². The summed E-state index contributed by atoms with van der Waals surface area (Å²) in [7, 11) is 4.02. The summed E-state index contributed by atoms with van der Waals surface area (Å²) in [4.78, 5) is 17.5. The van der Waals surface area contributed by atoms with E-state index in [4.69, 9.17) is 0 Å². The molecule has 0 aliphatic rings. The molecular formula is C13H14N6. The number of hydrogen-bond donors (Lipinski definition) is 2. The molecule has 0 aliphatic carbocycles. The second-order valence-corrected chi connectivity index (χ2v) is 4.39. The van der Waals surface area contributed by atoms with E-state index in [-0.39, 0.29) is 0 Å². The Bertz CT molecular complexity index is 703. The number of nitrogens with zero attached hydrogens (tertiary/aromatic N) is 4. The Labute approximate surface area is 110 Å². The van der Waals surface area contributed by atoms with Crippen molar-refractivity contribution in [2.75, 3.05) is 24.3 Å². The molecule has 6 nitrogen and oxygen atoms in total. The van der Waals surface area contributed by atoms with Gasteiger partial charge in [0.1, 0.15) is 11.8 Å². The first kappa shape index (κ1) is 11.5. The van der Waals surface area contributed by atoms with Crippen LogP contribution in [-0.2, 0) is 0 Å². The number of hydrogen-bond acceptors (Lipinski definition) is 5. The first-order valence-corrected chi connectivity index (χ1v) is 5.92. The lowest BCUT2D eigenvalue weighted by atomic mass is 10.2. The van der Waals surface area contributed by atoms with Crippen LogP contribution >= 0.6 is 0 Å². The molecule has 0 bridgehead atoms. The Kier molecular flexibility index (Phi) is 2.75. The maximum atomic E-state index is 4.24. The van der Waals surface area contributed by atoms with E-state index < -0.39 is 0 Å². The van der Waals surface area contributed by atoms with E-state index in [1.807, 2.05) is 26.2 Å². The molecule has 0 unspecified atom stereocenters. The van der Waals surface area contributed by atoms with Gasteiger partial charge in [0.15, 0.2) is 11.5 Å². The quantitative estimate of drug-likeness (QED) is 0.749. The number of benzene rings is 1. The SMILES string of the molecule is CN(C)c1cccc(Nc2ncnc3nc[nH]c23)c1. The van der Waals surface area contributed by atoms with E-state index >= 15 is 0 Å². The van der Waals surface area contributed by atoms with Crippen LogP contribution in [0.25, 0.3) is 11.2 Å². The number of aromatic nitrogens is 4. The lowest BCUT2D eigenvalue weighted by Crippen LogP contribution is -2.08. The van der Waals surface area contributed by atoms with Crippen LogP contribution in [0.5, 0.6) is 0 Å². The second kappa shape index (κ2) is 4.56. The molecule has 1 aromatic carbocycles. The van der Waals surface area contributed by atoms with Crippen molar-refractivity contribution in [3.05, 3.63) is 36.9 Å². The van der Waals surface area contributed by atoms with Gasteiger partial charge < -0.3 is 15.2 Å². The molecule has 3 rings (SSSR count). The van der Waals surface area contributed by atoms with Gasteiger partial charge in [-0.15, -0.1) is 0 Å². The third kappa shape index (κ3) is 2.20. The van der Waals surface area contributed by atoms with Gasteiger partial charge in [0.25, 0.3) is 0 Å². The number of fused-ring (bicyclic) bond motifs is 1. The summed E-state index contributed by atoms with van der Waals surface area (Å²) < 4.78 is 0. The summed E-state index contributed by atoms with van der Waals surface area (Å²) in [5.74, 6) is 0.721. The van der Waals surface area contributed by atoms with Crippen LogP contribution in [0.4, 0.5) is 17.2 Å². The number of anilines is 3. The van der Waals surface area contributed by atoms with Gasteiger partial charge in [-0.2, -0.15) is 0 Å². The van der Waals surface area contributed by atoms with E-state index in [1.165, 1.54) is 6.33 Å². The molecule has 6 heteroatoms. The average molecular weight is 254 g/mol. The molecule has 0 spiro atoms. The van der Waals surface area contributed by atoms with Crippen molar-refractivity contribution in [1.82, 2.24) is 19.9 Å². The Morgan fingerprint density at radius 1 is 1.16 bits per heavy atom. The fraction of sp³-hybridized carbons (Fsp3) is 0.154. The largest absolute Gasteiger partial charge is 0.378 e.